The Morgan fingerprint density at radius 2 is 1.92 bits per heavy atom. The fourth-order valence-electron chi connectivity index (χ4n) is 3.16. The van der Waals surface area contributed by atoms with Crippen molar-refractivity contribution < 1.29 is 27.1 Å². The highest BCUT2D eigenvalue weighted by Gasteiger charge is 2.51. The van der Waals surface area contributed by atoms with Crippen LogP contribution in [0.2, 0.25) is 0 Å². The Hall–Kier alpha value is -1.88. The van der Waals surface area contributed by atoms with Gasteiger partial charge < -0.3 is 10.0 Å². The molecule has 24 heavy (non-hydrogen) atoms. The fourth-order valence-corrected chi connectivity index (χ4v) is 3.16. The second-order valence-electron chi connectivity index (χ2n) is 6.15. The van der Waals surface area contributed by atoms with E-state index in [9.17, 15) is 27.1 Å². The Kier molecular flexibility index (Phi) is 5.04. The molecule has 0 saturated carbocycles. The van der Waals surface area contributed by atoms with Crippen LogP contribution in [-0.4, -0.2) is 30.0 Å². The van der Waals surface area contributed by atoms with E-state index in [2.05, 4.69) is 0 Å². The third-order valence-electron chi connectivity index (χ3n) is 4.66. The smallest absolute Gasteiger partial charge is 0.382 e. The number of alkyl halides is 5. The van der Waals surface area contributed by atoms with Crippen molar-refractivity contribution in [2.24, 2.45) is 11.8 Å². The van der Waals surface area contributed by atoms with E-state index >= 15 is 0 Å². The molecule has 4 atom stereocenters. The van der Waals surface area contributed by atoms with Crippen molar-refractivity contribution in [2.75, 3.05) is 11.4 Å². The summed E-state index contributed by atoms with van der Waals surface area (Å²) in [5.74, 6) is -0.634. The number of benzene rings is 1. The second kappa shape index (κ2) is 6.55. The number of rotatable bonds is 3. The van der Waals surface area contributed by atoms with Gasteiger partial charge in [0, 0.05) is 17.8 Å². The van der Waals surface area contributed by atoms with Crippen molar-refractivity contribution in [1.82, 2.24) is 0 Å². The SMILES string of the molecule is C[C@@H]1[C@H]([C@@H](O)C(F)(F)F)N(c2ccc(C#N)c(C(F)F)c2)C[C@@H]1C. The van der Waals surface area contributed by atoms with Crippen LogP contribution >= 0.6 is 0 Å². The molecule has 0 bridgehead atoms. The molecule has 1 N–H and O–H groups in total. The molecular formula is C16H17F5N2O. The standard InChI is InChI=1S/C16H17F5N2O/c1-8-7-23(13(9(8)2)14(24)16(19,20)21)11-4-3-10(6-22)12(5-11)15(17)18/h3-5,8-9,13-15,24H,7H2,1-2H3/t8-,9-,13+,14+/m0/s1. The largest absolute Gasteiger partial charge is 0.416 e. The Morgan fingerprint density at radius 3 is 2.42 bits per heavy atom. The summed E-state index contributed by atoms with van der Waals surface area (Å²) in [6.45, 7) is 3.55. The number of nitriles is 1. The van der Waals surface area contributed by atoms with Gasteiger partial charge in [-0.15, -0.1) is 0 Å². The van der Waals surface area contributed by atoms with Crippen molar-refractivity contribution in [1.29, 1.82) is 5.26 Å². The molecule has 0 spiro atoms. The first-order valence-corrected chi connectivity index (χ1v) is 7.41. The third kappa shape index (κ3) is 3.31. The maximum Gasteiger partial charge on any atom is 0.416 e. The van der Waals surface area contributed by atoms with E-state index in [0.29, 0.717) is 0 Å². The molecule has 8 heteroatoms. The van der Waals surface area contributed by atoms with Crippen LogP contribution in [-0.2, 0) is 0 Å². The van der Waals surface area contributed by atoms with Gasteiger partial charge in [0.2, 0.25) is 0 Å². The molecule has 1 fully saturated rings. The van der Waals surface area contributed by atoms with Gasteiger partial charge in [0.15, 0.2) is 6.10 Å². The molecule has 132 valence electrons. The first-order chi connectivity index (χ1) is 11.1. The topological polar surface area (TPSA) is 47.3 Å². The molecule has 0 aromatic heterocycles. The van der Waals surface area contributed by atoms with E-state index in [1.165, 1.54) is 17.0 Å². The summed E-state index contributed by atoms with van der Waals surface area (Å²) in [5.41, 5.74) is -0.599. The third-order valence-corrected chi connectivity index (χ3v) is 4.66. The van der Waals surface area contributed by atoms with E-state index in [-0.39, 0.29) is 23.7 Å². The number of nitrogens with zero attached hydrogens (tertiary/aromatic N) is 2. The van der Waals surface area contributed by atoms with Crippen molar-refractivity contribution >= 4 is 5.69 Å². The molecular weight excluding hydrogens is 331 g/mol. The van der Waals surface area contributed by atoms with Crippen LogP contribution in [0.1, 0.15) is 31.4 Å². The molecule has 0 aliphatic carbocycles. The lowest BCUT2D eigenvalue weighted by atomic mass is 9.90. The monoisotopic (exact) mass is 348 g/mol. The van der Waals surface area contributed by atoms with Gasteiger partial charge in [-0.2, -0.15) is 18.4 Å². The van der Waals surface area contributed by atoms with E-state index in [4.69, 9.17) is 5.26 Å². The molecule has 1 aromatic rings. The summed E-state index contributed by atoms with van der Waals surface area (Å²) >= 11 is 0. The highest BCUT2D eigenvalue weighted by Crippen LogP contribution is 2.40. The summed E-state index contributed by atoms with van der Waals surface area (Å²) in [5, 5.41) is 18.6. The zero-order valence-corrected chi connectivity index (χ0v) is 13.1. The van der Waals surface area contributed by atoms with Crippen LogP contribution < -0.4 is 4.90 Å². The maximum absolute atomic E-state index is 13.1. The van der Waals surface area contributed by atoms with E-state index < -0.39 is 36.2 Å². The molecule has 1 aromatic carbocycles. The molecule has 3 nitrogen and oxygen atoms in total. The molecule has 1 aliphatic rings. The Morgan fingerprint density at radius 1 is 1.29 bits per heavy atom. The molecule has 0 unspecified atom stereocenters. The minimum atomic E-state index is -4.81. The van der Waals surface area contributed by atoms with Crippen molar-refractivity contribution in [3.63, 3.8) is 0 Å². The number of hydrogen-bond donors (Lipinski definition) is 1. The van der Waals surface area contributed by atoms with Crippen LogP contribution in [0.4, 0.5) is 27.6 Å². The molecule has 2 rings (SSSR count). The lowest BCUT2D eigenvalue weighted by Gasteiger charge is -2.33. The highest BCUT2D eigenvalue weighted by atomic mass is 19.4. The number of hydrogen-bond acceptors (Lipinski definition) is 3. The van der Waals surface area contributed by atoms with E-state index in [1.807, 2.05) is 0 Å². The van der Waals surface area contributed by atoms with Crippen molar-refractivity contribution in [2.45, 2.75) is 38.6 Å². The Labute approximate surface area is 136 Å². The zero-order valence-electron chi connectivity index (χ0n) is 13.1. The summed E-state index contributed by atoms with van der Waals surface area (Å²) < 4.78 is 65.1. The van der Waals surface area contributed by atoms with Crippen LogP contribution in [0.3, 0.4) is 0 Å². The average Bonchev–Trinajstić information content (AvgIpc) is 2.80. The lowest BCUT2D eigenvalue weighted by Crippen LogP contribution is -2.49. The molecule has 0 amide bonds. The Bertz CT molecular complexity index is 640. The average molecular weight is 348 g/mol. The number of aliphatic hydroxyl groups excluding tert-OH is 1. The summed E-state index contributed by atoms with van der Waals surface area (Å²) in [7, 11) is 0. The van der Waals surface area contributed by atoms with E-state index in [0.717, 1.165) is 6.07 Å². The van der Waals surface area contributed by atoms with Gasteiger partial charge in [-0.1, -0.05) is 13.8 Å². The van der Waals surface area contributed by atoms with Gasteiger partial charge in [0.05, 0.1) is 17.7 Å². The first-order valence-electron chi connectivity index (χ1n) is 7.41. The number of anilines is 1. The predicted molar refractivity (Wildman–Crippen MR) is 77.6 cm³/mol. The number of aliphatic hydroxyl groups is 1. The van der Waals surface area contributed by atoms with Crippen LogP contribution in [0.15, 0.2) is 18.2 Å². The zero-order chi connectivity index (χ0) is 18.2. The van der Waals surface area contributed by atoms with Crippen molar-refractivity contribution in [3.05, 3.63) is 29.3 Å². The molecule has 1 heterocycles. The lowest BCUT2D eigenvalue weighted by molar-refractivity contribution is -0.211. The Balaban J connectivity index is 2.46. The molecule has 1 saturated heterocycles. The summed E-state index contributed by atoms with van der Waals surface area (Å²) in [6.07, 6.45) is -10.3. The molecule has 0 radical (unpaired) electrons. The van der Waals surface area contributed by atoms with E-state index in [1.54, 1.807) is 19.9 Å². The minimum absolute atomic E-state index is 0.147. The normalized spacial score (nSPS) is 25.8. The van der Waals surface area contributed by atoms with Crippen LogP contribution in [0, 0.1) is 23.2 Å². The van der Waals surface area contributed by atoms with Gasteiger partial charge in [-0.3, -0.25) is 0 Å². The van der Waals surface area contributed by atoms with Gasteiger partial charge in [-0.25, -0.2) is 8.78 Å². The van der Waals surface area contributed by atoms with Crippen LogP contribution in [0.5, 0.6) is 0 Å². The first kappa shape index (κ1) is 18.5. The highest BCUT2D eigenvalue weighted by molar-refractivity contribution is 5.56. The van der Waals surface area contributed by atoms with Gasteiger partial charge in [-0.05, 0) is 30.0 Å². The second-order valence-corrected chi connectivity index (χ2v) is 6.15. The fraction of sp³-hybridized carbons (Fsp3) is 0.562. The number of halogens is 5. The maximum atomic E-state index is 13.1. The van der Waals surface area contributed by atoms with Crippen LogP contribution in [0.25, 0.3) is 0 Å². The predicted octanol–water partition coefficient (Wildman–Crippen LogP) is 3.88. The quantitative estimate of drug-likeness (QED) is 0.844. The van der Waals surface area contributed by atoms with Gasteiger partial charge in [0.1, 0.15) is 0 Å². The summed E-state index contributed by atoms with van der Waals surface area (Å²) in [4.78, 5) is 1.31. The molecule has 1 aliphatic heterocycles. The van der Waals surface area contributed by atoms with Gasteiger partial charge in [0.25, 0.3) is 6.43 Å². The summed E-state index contributed by atoms with van der Waals surface area (Å²) in [6, 6.07) is 3.92. The van der Waals surface area contributed by atoms with Gasteiger partial charge >= 0.3 is 6.18 Å². The minimum Gasteiger partial charge on any atom is -0.382 e. The van der Waals surface area contributed by atoms with Crippen molar-refractivity contribution in [3.8, 4) is 6.07 Å².